The van der Waals surface area contributed by atoms with Crippen LogP contribution >= 0.6 is 0 Å². The monoisotopic (exact) mass is 447 g/mol. The SMILES string of the molecule is Cc1ccc([N+](=O)[O-])c(OCC(=O)N2CCN(S(=O)(=O)c3ccc(C)c(C)c3)CC2)c1. The van der Waals surface area contributed by atoms with Gasteiger partial charge in [0.1, 0.15) is 0 Å². The first-order valence-corrected chi connectivity index (χ1v) is 11.3. The van der Waals surface area contributed by atoms with Gasteiger partial charge in [0.2, 0.25) is 10.0 Å². The van der Waals surface area contributed by atoms with Gasteiger partial charge in [-0.2, -0.15) is 4.31 Å². The minimum atomic E-state index is -3.64. The van der Waals surface area contributed by atoms with Gasteiger partial charge in [-0.1, -0.05) is 12.1 Å². The van der Waals surface area contributed by atoms with Crippen molar-refractivity contribution in [2.24, 2.45) is 0 Å². The Labute approximate surface area is 181 Å². The molecule has 0 radical (unpaired) electrons. The molecule has 0 unspecified atom stereocenters. The molecular weight excluding hydrogens is 422 g/mol. The molecule has 0 saturated carbocycles. The Morgan fingerprint density at radius 2 is 1.71 bits per heavy atom. The molecule has 0 atom stereocenters. The zero-order chi connectivity index (χ0) is 22.8. The van der Waals surface area contributed by atoms with E-state index < -0.39 is 14.9 Å². The first-order valence-electron chi connectivity index (χ1n) is 9.82. The van der Waals surface area contributed by atoms with E-state index in [-0.39, 0.29) is 55.0 Å². The van der Waals surface area contributed by atoms with Crippen LogP contribution in [0.3, 0.4) is 0 Å². The number of carbonyl (C=O) groups excluding carboxylic acids is 1. The molecule has 1 saturated heterocycles. The first kappa shape index (κ1) is 22.7. The van der Waals surface area contributed by atoms with Gasteiger partial charge in [-0.3, -0.25) is 14.9 Å². The van der Waals surface area contributed by atoms with E-state index in [1.54, 1.807) is 31.2 Å². The molecule has 1 heterocycles. The summed E-state index contributed by atoms with van der Waals surface area (Å²) >= 11 is 0. The van der Waals surface area contributed by atoms with Crippen molar-refractivity contribution in [1.29, 1.82) is 0 Å². The number of piperazine rings is 1. The van der Waals surface area contributed by atoms with E-state index in [1.807, 2.05) is 13.8 Å². The zero-order valence-electron chi connectivity index (χ0n) is 17.7. The number of nitrogens with zero attached hydrogens (tertiary/aromatic N) is 3. The number of hydrogen-bond acceptors (Lipinski definition) is 6. The second kappa shape index (κ2) is 9.03. The van der Waals surface area contributed by atoms with E-state index in [0.717, 1.165) is 16.7 Å². The largest absolute Gasteiger partial charge is 0.477 e. The maximum atomic E-state index is 12.9. The van der Waals surface area contributed by atoms with Gasteiger partial charge in [0.15, 0.2) is 12.4 Å². The maximum absolute atomic E-state index is 12.9. The van der Waals surface area contributed by atoms with Gasteiger partial charge < -0.3 is 9.64 Å². The highest BCUT2D eigenvalue weighted by Gasteiger charge is 2.30. The summed E-state index contributed by atoms with van der Waals surface area (Å²) in [6, 6.07) is 9.49. The van der Waals surface area contributed by atoms with Crippen molar-refractivity contribution in [2.75, 3.05) is 32.8 Å². The highest BCUT2D eigenvalue weighted by atomic mass is 32.2. The standard InChI is InChI=1S/C21H25N3O6S/c1-15-4-7-19(24(26)27)20(12-15)30-14-21(25)22-8-10-23(11-9-22)31(28,29)18-6-5-16(2)17(3)13-18/h4-7,12-13H,8-11,14H2,1-3H3. The van der Waals surface area contributed by atoms with Crippen LogP contribution in [0, 0.1) is 30.9 Å². The number of hydrogen-bond donors (Lipinski definition) is 0. The summed E-state index contributed by atoms with van der Waals surface area (Å²) in [6.45, 7) is 6.00. The number of carbonyl (C=O) groups is 1. The van der Waals surface area contributed by atoms with Crippen molar-refractivity contribution in [1.82, 2.24) is 9.21 Å². The molecule has 1 fully saturated rings. The minimum absolute atomic E-state index is 0.0364. The number of nitro benzene ring substituents is 1. The molecule has 1 aliphatic heterocycles. The summed E-state index contributed by atoms with van der Waals surface area (Å²) < 4.78 is 32.6. The second-order valence-electron chi connectivity index (χ2n) is 7.55. The van der Waals surface area contributed by atoms with E-state index in [0.29, 0.717) is 0 Å². The highest BCUT2D eigenvalue weighted by Crippen LogP contribution is 2.28. The summed E-state index contributed by atoms with van der Waals surface area (Å²) in [7, 11) is -3.64. The predicted molar refractivity (Wildman–Crippen MR) is 115 cm³/mol. The molecule has 1 aliphatic rings. The number of rotatable bonds is 6. The van der Waals surface area contributed by atoms with E-state index in [2.05, 4.69) is 0 Å². The van der Waals surface area contributed by atoms with E-state index in [4.69, 9.17) is 4.74 Å². The van der Waals surface area contributed by atoms with Gasteiger partial charge >= 0.3 is 5.69 Å². The van der Waals surface area contributed by atoms with Crippen LogP contribution in [0.2, 0.25) is 0 Å². The van der Waals surface area contributed by atoms with Crippen LogP contribution in [0.5, 0.6) is 5.75 Å². The molecule has 0 bridgehead atoms. The van der Waals surface area contributed by atoms with E-state index in [1.165, 1.54) is 21.3 Å². The first-order chi connectivity index (χ1) is 14.6. The van der Waals surface area contributed by atoms with Crippen LogP contribution in [0.1, 0.15) is 16.7 Å². The average Bonchev–Trinajstić information content (AvgIpc) is 2.73. The Morgan fingerprint density at radius 3 is 2.32 bits per heavy atom. The third-order valence-corrected chi connectivity index (χ3v) is 7.27. The molecule has 3 rings (SSSR count). The Kier molecular flexibility index (Phi) is 6.61. The van der Waals surface area contributed by atoms with Gasteiger partial charge in [-0.25, -0.2) is 8.42 Å². The summed E-state index contributed by atoms with van der Waals surface area (Å²) in [5, 5.41) is 11.1. The van der Waals surface area contributed by atoms with Crippen molar-refractivity contribution in [3.63, 3.8) is 0 Å². The van der Waals surface area contributed by atoms with Gasteiger partial charge in [0.25, 0.3) is 5.91 Å². The summed E-state index contributed by atoms with van der Waals surface area (Å²) in [6.07, 6.45) is 0. The Bertz CT molecular complexity index is 1110. The smallest absolute Gasteiger partial charge is 0.310 e. The molecule has 9 nitrogen and oxygen atoms in total. The van der Waals surface area contributed by atoms with Gasteiger partial charge in [-0.15, -0.1) is 0 Å². The number of ether oxygens (including phenoxy) is 1. The maximum Gasteiger partial charge on any atom is 0.310 e. The molecule has 0 spiro atoms. The Morgan fingerprint density at radius 1 is 1.03 bits per heavy atom. The highest BCUT2D eigenvalue weighted by molar-refractivity contribution is 7.89. The molecular formula is C21H25N3O6S. The van der Waals surface area contributed by atoms with Gasteiger partial charge in [0.05, 0.1) is 9.82 Å². The van der Waals surface area contributed by atoms with Crippen LogP contribution in [-0.2, 0) is 14.8 Å². The van der Waals surface area contributed by atoms with Crippen LogP contribution in [-0.4, -0.2) is 61.2 Å². The minimum Gasteiger partial charge on any atom is -0.477 e. The van der Waals surface area contributed by atoms with Gasteiger partial charge in [0, 0.05) is 32.2 Å². The van der Waals surface area contributed by atoms with Crippen molar-refractivity contribution in [3.05, 3.63) is 63.2 Å². The van der Waals surface area contributed by atoms with Crippen LogP contribution < -0.4 is 4.74 Å². The normalized spacial score (nSPS) is 15.0. The lowest BCUT2D eigenvalue weighted by Crippen LogP contribution is -2.51. The molecule has 0 aromatic heterocycles. The number of sulfonamides is 1. The van der Waals surface area contributed by atoms with Crippen LogP contribution in [0.4, 0.5) is 5.69 Å². The lowest BCUT2D eigenvalue weighted by Gasteiger charge is -2.34. The fraction of sp³-hybridized carbons (Fsp3) is 0.381. The molecule has 2 aromatic rings. The van der Waals surface area contributed by atoms with Crippen LogP contribution in [0.25, 0.3) is 0 Å². The van der Waals surface area contributed by atoms with E-state index >= 15 is 0 Å². The fourth-order valence-corrected chi connectivity index (χ4v) is 4.83. The summed E-state index contributed by atoms with van der Waals surface area (Å²) in [5.41, 5.74) is 2.49. The van der Waals surface area contributed by atoms with E-state index in [9.17, 15) is 23.3 Å². The molecule has 1 amide bonds. The van der Waals surface area contributed by atoms with Gasteiger partial charge in [-0.05, 0) is 55.7 Å². The number of amides is 1. The van der Waals surface area contributed by atoms with Crippen molar-refractivity contribution < 1.29 is 22.9 Å². The lowest BCUT2D eigenvalue weighted by atomic mass is 10.1. The zero-order valence-corrected chi connectivity index (χ0v) is 18.5. The summed E-state index contributed by atoms with van der Waals surface area (Å²) in [5.74, 6) is -0.312. The topological polar surface area (TPSA) is 110 Å². The number of nitro groups is 1. The Hall–Kier alpha value is -2.98. The lowest BCUT2D eigenvalue weighted by molar-refractivity contribution is -0.385. The molecule has 2 aromatic carbocycles. The fourth-order valence-electron chi connectivity index (χ4n) is 3.32. The van der Waals surface area contributed by atoms with Crippen molar-refractivity contribution in [3.8, 4) is 5.75 Å². The van der Waals surface area contributed by atoms with Crippen molar-refractivity contribution >= 4 is 21.6 Å². The number of aryl methyl sites for hydroxylation is 3. The number of benzene rings is 2. The van der Waals surface area contributed by atoms with Crippen LogP contribution in [0.15, 0.2) is 41.3 Å². The molecule has 10 heteroatoms. The average molecular weight is 448 g/mol. The second-order valence-corrected chi connectivity index (χ2v) is 9.49. The third kappa shape index (κ3) is 5.02. The predicted octanol–water partition coefficient (Wildman–Crippen LogP) is 2.43. The summed E-state index contributed by atoms with van der Waals surface area (Å²) in [4.78, 5) is 24.8. The molecule has 0 aliphatic carbocycles. The van der Waals surface area contributed by atoms with Crippen molar-refractivity contribution in [2.45, 2.75) is 25.7 Å². The molecule has 31 heavy (non-hydrogen) atoms. The quantitative estimate of drug-likeness (QED) is 0.497. The molecule has 0 N–H and O–H groups in total. The third-order valence-electron chi connectivity index (χ3n) is 5.37. The Balaban J connectivity index is 1.61. The molecule has 166 valence electrons.